The van der Waals surface area contributed by atoms with E-state index in [0.29, 0.717) is 57.3 Å². The number of hydrogen-bond acceptors (Lipinski definition) is 10. The third kappa shape index (κ3) is 8.08. The van der Waals surface area contributed by atoms with E-state index in [1.54, 1.807) is 11.3 Å². The Balaban J connectivity index is 1.36. The molecule has 5 heterocycles. The van der Waals surface area contributed by atoms with Crippen LogP contribution in [0, 0.1) is 11.3 Å². The van der Waals surface area contributed by atoms with Crippen LogP contribution in [0.5, 0.6) is 5.75 Å². The third-order valence-corrected chi connectivity index (χ3v) is 16.3. The zero-order valence-electron chi connectivity index (χ0n) is 31.8. The summed E-state index contributed by atoms with van der Waals surface area (Å²) in [5, 5.41) is 10.2. The Morgan fingerprint density at radius 1 is 1.14 bits per heavy atom. The second-order valence-corrected chi connectivity index (χ2v) is 22.9. The Bertz CT molecular complexity index is 1790. The Morgan fingerprint density at radius 2 is 1.92 bits per heavy atom. The molecule has 0 saturated carbocycles. The predicted molar refractivity (Wildman–Crippen MR) is 204 cm³/mol. The van der Waals surface area contributed by atoms with Crippen LogP contribution < -0.4 is 9.64 Å². The van der Waals surface area contributed by atoms with Gasteiger partial charge in [0.1, 0.15) is 18.0 Å². The zero-order valence-corrected chi connectivity index (χ0v) is 33.6. The normalized spacial score (nSPS) is 22.8. The molecule has 2 saturated heterocycles. The first-order valence-corrected chi connectivity index (χ1v) is 21.9. The van der Waals surface area contributed by atoms with Gasteiger partial charge in [0.15, 0.2) is 14.6 Å². The molecule has 276 valence electrons. The van der Waals surface area contributed by atoms with E-state index in [0.717, 1.165) is 51.2 Å². The van der Waals surface area contributed by atoms with Crippen LogP contribution in [-0.2, 0) is 25.2 Å². The maximum atomic E-state index is 13.8. The van der Waals surface area contributed by atoms with Crippen molar-refractivity contribution in [1.82, 2.24) is 9.88 Å². The van der Waals surface area contributed by atoms with Crippen LogP contribution in [0.25, 0.3) is 21.3 Å². The minimum Gasteiger partial charge on any atom is -0.489 e. The monoisotopic (exact) mass is 734 g/mol. The minimum atomic E-state index is -1.95. The summed E-state index contributed by atoms with van der Waals surface area (Å²) >= 11 is 1.69. The van der Waals surface area contributed by atoms with Gasteiger partial charge in [-0.15, -0.1) is 11.3 Å². The van der Waals surface area contributed by atoms with Crippen LogP contribution in [0.1, 0.15) is 84.6 Å². The lowest BCUT2D eigenvalue weighted by atomic mass is 9.95. The fraction of sp³-hybridized carbons (Fsp3) is 0.615. The largest absolute Gasteiger partial charge is 0.489 e. The van der Waals surface area contributed by atoms with Gasteiger partial charge in [-0.05, 0) is 89.7 Å². The number of hydrogen-bond donors (Lipinski definition) is 0. The van der Waals surface area contributed by atoms with Gasteiger partial charge >= 0.3 is 6.09 Å². The van der Waals surface area contributed by atoms with Gasteiger partial charge < -0.3 is 28.3 Å². The van der Waals surface area contributed by atoms with E-state index in [2.05, 4.69) is 57.8 Å². The van der Waals surface area contributed by atoms with Crippen molar-refractivity contribution in [2.75, 3.05) is 37.8 Å². The SMILES string of the molecule is CC(C)(C)OC(=O)N1C[C@@H](N2CCOc3cc(C#N)cc(-c4ccnc5cc(CO[Si](C)(C)C(C)(C)C)sc45)c32)C[C@]1(C)COC1CCCCO1. The lowest BCUT2D eigenvalue weighted by Gasteiger charge is -2.38. The van der Waals surface area contributed by atoms with E-state index in [4.69, 9.17) is 28.4 Å². The van der Waals surface area contributed by atoms with Gasteiger partial charge in [0.05, 0.1) is 52.8 Å². The van der Waals surface area contributed by atoms with Crippen LogP contribution in [0.2, 0.25) is 18.1 Å². The number of amides is 1. The number of fused-ring (bicyclic) bond motifs is 2. The average molecular weight is 735 g/mol. The second-order valence-electron chi connectivity index (χ2n) is 16.9. The number of carbonyl (C=O) groups is 1. The second kappa shape index (κ2) is 14.3. The number of anilines is 1. The first-order valence-electron chi connectivity index (χ1n) is 18.2. The summed E-state index contributed by atoms with van der Waals surface area (Å²) in [6.45, 7) is 22.2. The van der Waals surface area contributed by atoms with Gasteiger partial charge in [0, 0.05) is 47.5 Å². The van der Waals surface area contributed by atoms with E-state index < -0.39 is 19.5 Å². The molecule has 0 bridgehead atoms. The number of likely N-dealkylation sites (tertiary alicyclic amines) is 1. The van der Waals surface area contributed by atoms with Crippen LogP contribution >= 0.6 is 11.3 Å². The number of rotatable bonds is 8. The Labute approximate surface area is 308 Å². The number of nitrogens with zero attached hydrogens (tertiary/aromatic N) is 4. The maximum absolute atomic E-state index is 13.8. The molecule has 12 heteroatoms. The van der Waals surface area contributed by atoms with Crippen molar-refractivity contribution in [2.24, 2.45) is 0 Å². The predicted octanol–water partition coefficient (Wildman–Crippen LogP) is 8.87. The summed E-state index contributed by atoms with van der Waals surface area (Å²) in [7, 11) is -1.95. The summed E-state index contributed by atoms with van der Waals surface area (Å²) < 4.78 is 32.1. The summed E-state index contributed by atoms with van der Waals surface area (Å²) in [5.41, 5.74) is 3.00. The Kier molecular flexibility index (Phi) is 10.5. The minimum absolute atomic E-state index is 0.0538. The molecule has 0 N–H and O–H groups in total. The first kappa shape index (κ1) is 37.5. The number of thiophene rings is 1. The Morgan fingerprint density at radius 3 is 2.61 bits per heavy atom. The molecule has 2 fully saturated rings. The molecule has 0 radical (unpaired) electrons. The van der Waals surface area contributed by atoms with Crippen molar-refractivity contribution in [3.05, 3.63) is 40.9 Å². The Hall–Kier alpha value is -3.21. The maximum Gasteiger partial charge on any atom is 0.410 e. The van der Waals surface area contributed by atoms with Crippen LogP contribution in [0.15, 0.2) is 30.5 Å². The molecule has 51 heavy (non-hydrogen) atoms. The lowest BCUT2D eigenvalue weighted by molar-refractivity contribution is -0.177. The highest BCUT2D eigenvalue weighted by molar-refractivity contribution is 7.19. The van der Waals surface area contributed by atoms with Crippen molar-refractivity contribution in [3.8, 4) is 22.9 Å². The van der Waals surface area contributed by atoms with Gasteiger partial charge in [-0.25, -0.2) is 4.79 Å². The van der Waals surface area contributed by atoms with Crippen molar-refractivity contribution < 1.29 is 28.2 Å². The molecule has 2 aromatic heterocycles. The molecule has 0 aliphatic carbocycles. The number of benzene rings is 1. The molecule has 1 aromatic carbocycles. The lowest BCUT2D eigenvalue weighted by Crippen LogP contribution is -2.50. The van der Waals surface area contributed by atoms with E-state index in [1.165, 1.54) is 0 Å². The molecular formula is C39H54N4O6SSi. The molecule has 3 aliphatic rings. The zero-order chi connectivity index (χ0) is 36.8. The molecular weight excluding hydrogens is 681 g/mol. The molecule has 1 amide bonds. The van der Waals surface area contributed by atoms with Crippen LogP contribution in [0.4, 0.5) is 10.5 Å². The van der Waals surface area contributed by atoms with E-state index in [9.17, 15) is 10.1 Å². The number of aromatic nitrogens is 1. The highest BCUT2D eigenvalue weighted by atomic mass is 32.1. The van der Waals surface area contributed by atoms with Gasteiger partial charge in [0.2, 0.25) is 0 Å². The highest BCUT2D eigenvalue weighted by Gasteiger charge is 2.49. The topological polar surface area (TPSA) is 106 Å². The van der Waals surface area contributed by atoms with Gasteiger partial charge in [0.25, 0.3) is 0 Å². The molecule has 3 atom stereocenters. The molecule has 3 aromatic rings. The fourth-order valence-corrected chi connectivity index (χ4v) is 9.05. The first-order chi connectivity index (χ1) is 24.0. The summed E-state index contributed by atoms with van der Waals surface area (Å²) in [5.74, 6) is 0.669. The highest BCUT2D eigenvalue weighted by Crippen LogP contribution is 2.48. The molecule has 6 rings (SSSR count). The summed E-state index contributed by atoms with van der Waals surface area (Å²) in [6, 6.07) is 10.3. The van der Waals surface area contributed by atoms with E-state index >= 15 is 0 Å². The van der Waals surface area contributed by atoms with Crippen molar-refractivity contribution in [2.45, 2.75) is 122 Å². The molecule has 0 spiro atoms. The number of carbonyl (C=O) groups excluding carboxylic acids is 1. The number of nitriles is 1. The fourth-order valence-electron chi connectivity index (χ4n) is 6.94. The van der Waals surface area contributed by atoms with Crippen molar-refractivity contribution in [1.29, 1.82) is 5.26 Å². The van der Waals surface area contributed by atoms with Crippen molar-refractivity contribution >= 4 is 41.7 Å². The smallest absolute Gasteiger partial charge is 0.410 e. The van der Waals surface area contributed by atoms with Crippen LogP contribution in [0.3, 0.4) is 0 Å². The summed E-state index contributed by atoms with van der Waals surface area (Å²) in [6.07, 6.45) is 4.83. The standard InChI is InChI=1S/C39H54N4O6SSi/c1-37(2,3)49-36(44)43-23-27(21-39(43,7)25-47-33-12-10-11-16-46-33)42-15-17-45-32-19-26(22-40)18-30(34(32)42)29-13-14-41-31-20-28(50-35(29)31)24-48-51(8,9)38(4,5)6/h13-14,18-20,27,33H,10-12,15-17,21,23-25H2,1-9H3/t27-,33?,39+/m0/s1. The van der Waals surface area contributed by atoms with Crippen LogP contribution in [-0.4, -0.2) is 80.7 Å². The average Bonchev–Trinajstić information content (AvgIpc) is 3.66. The molecule has 3 aliphatic heterocycles. The van der Waals surface area contributed by atoms with Gasteiger partial charge in [-0.1, -0.05) is 20.8 Å². The quantitative estimate of drug-likeness (QED) is 0.210. The molecule has 10 nitrogen and oxygen atoms in total. The number of ether oxygens (including phenoxy) is 4. The van der Waals surface area contributed by atoms with Crippen molar-refractivity contribution in [3.63, 3.8) is 0 Å². The summed E-state index contributed by atoms with van der Waals surface area (Å²) in [4.78, 5) is 23.9. The van der Waals surface area contributed by atoms with Gasteiger partial charge in [-0.2, -0.15) is 5.26 Å². The van der Waals surface area contributed by atoms with Gasteiger partial charge in [-0.3, -0.25) is 9.88 Å². The number of pyridine rings is 1. The molecule has 1 unspecified atom stereocenters. The third-order valence-electron chi connectivity index (χ3n) is 10.7. The van der Waals surface area contributed by atoms with E-state index in [1.807, 2.05) is 50.1 Å². The van der Waals surface area contributed by atoms with E-state index in [-0.39, 0.29) is 23.5 Å².